The zero-order valence-electron chi connectivity index (χ0n) is 11.9. The highest BCUT2D eigenvalue weighted by Crippen LogP contribution is 2.18. The van der Waals surface area contributed by atoms with E-state index in [0.717, 1.165) is 50.2 Å². The molecule has 0 saturated heterocycles. The van der Waals surface area contributed by atoms with Crippen LogP contribution < -0.4 is 11.1 Å². The highest BCUT2D eigenvalue weighted by Gasteiger charge is 2.07. The Morgan fingerprint density at radius 1 is 1.30 bits per heavy atom. The van der Waals surface area contributed by atoms with Crippen LogP contribution in [0.5, 0.6) is 0 Å². The number of aryl methyl sites for hydroxylation is 1. The Morgan fingerprint density at radius 2 is 2.20 bits per heavy atom. The molecule has 0 unspecified atom stereocenters. The van der Waals surface area contributed by atoms with E-state index < -0.39 is 0 Å². The predicted octanol–water partition coefficient (Wildman–Crippen LogP) is 2.10. The standard InChI is InChI=1S/C14H22N6/c1-2-5-12-13(15)18-10-19-14(12)17-6-3-4-8-20-9-7-16-11-20/h7,9-11H,2-6,8H2,1H3,(H3,15,17,18,19). The summed E-state index contributed by atoms with van der Waals surface area (Å²) < 4.78 is 2.09. The molecule has 0 aromatic carbocycles. The lowest BCUT2D eigenvalue weighted by atomic mass is 10.1. The first-order valence-corrected chi connectivity index (χ1v) is 7.10. The van der Waals surface area contributed by atoms with Crippen molar-refractivity contribution in [3.05, 3.63) is 30.6 Å². The van der Waals surface area contributed by atoms with Gasteiger partial charge in [0.25, 0.3) is 0 Å². The molecule has 0 aliphatic rings. The molecule has 2 aromatic rings. The molecule has 0 aliphatic heterocycles. The van der Waals surface area contributed by atoms with E-state index in [1.165, 1.54) is 6.33 Å². The molecule has 0 amide bonds. The zero-order valence-corrected chi connectivity index (χ0v) is 11.9. The second-order valence-electron chi connectivity index (χ2n) is 4.77. The molecule has 0 atom stereocenters. The fourth-order valence-electron chi connectivity index (χ4n) is 2.12. The minimum atomic E-state index is 0.586. The molecule has 108 valence electrons. The smallest absolute Gasteiger partial charge is 0.134 e. The molecule has 0 aliphatic carbocycles. The van der Waals surface area contributed by atoms with Crippen LogP contribution in [0.4, 0.5) is 11.6 Å². The van der Waals surface area contributed by atoms with Crippen molar-refractivity contribution in [1.82, 2.24) is 19.5 Å². The van der Waals surface area contributed by atoms with E-state index in [9.17, 15) is 0 Å². The number of hydrogen-bond donors (Lipinski definition) is 2. The van der Waals surface area contributed by atoms with Crippen molar-refractivity contribution in [2.75, 3.05) is 17.6 Å². The molecule has 2 heterocycles. The summed E-state index contributed by atoms with van der Waals surface area (Å²) in [4.78, 5) is 12.4. The van der Waals surface area contributed by atoms with Crippen LogP contribution in [-0.2, 0) is 13.0 Å². The van der Waals surface area contributed by atoms with Crippen LogP contribution >= 0.6 is 0 Å². The summed E-state index contributed by atoms with van der Waals surface area (Å²) in [5, 5.41) is 3.36. The number of nitrogen functional groups attached to an aromatic ring is 1. The third-order valence-corrected chi connectivity index (χ3v) is 3.17. The Bertz CT molecular complexity index is 508. The van der Waals surface area contributed by atoms with Gasteiger partial charge in [-0.25, -0.2) is 15.0 Å². The fraction of sp³-hybridized carbons (Fsp3) is 0.500. The first-order valence-electron chi connectivity index (χ1n) is 7.10. The summed E-state index contributed by atoms with van der Waals surface area (Å²) >= 11 is 0. The number of anilines is 2. The quantitative estimate of drug-likeness (QED) is 0.720. The summed E-state index contributed by atoms with van der Waals surface area (Å²) in [5.74, 6) is 1.46. The van der Waals surface area contributed by atoms with Gasteiger partial charge in [-0.1, -0.05) is 13.3 Å². The molecule has 0 fully saturated rings. The Balaban J connectivity index is 1.77. The SMILES string of the molecule is CCCc1c(N)ncnc1NCCCCn1ccnc1. The van der Waals surface area contributed by atoms with Gasteiger partial charge in [0.15, 0.2) is 0 Å². The third-order valence-electron chi connectivity index (χ3n) is 3.17. The van der Waals surface area contributed by atoms with Crippen molar-refractivity contribution in [3.63, 3.8) is 0 Å². The number of nitrogens with two attached hydrogens (primary N) is 1. The van der Waals surface area contributed by atoms with Gasteiger partial charge >= 0.3 is 0 Å². The van der Waals surface area contributed by atoms with Crippen LogP contribution in [-0.4, -0.2) is 26.1 Å². The highest BCUT2D eigenvalue weighted by molar-refractivity contribution is 5.54. The average Bonchev–Trinajstić information content (AvgIpc) is 2.95. The lowest BCUT2D eigenvalue weighted by Crippen LogP contribution is -2.10. The normalized spacial score (nSPS) is 10.7. The second kappa shape index (κ2) is 7.47. The van der Waals surface area contributed by atoms with Crippen molar-refractivity contribution in [2.24, 2.45) is 0 Å². The number of imidazole rings is 1. The van der Waals surface area contributed by atoms with Gasteiger partial charge in [-0.05, 0) is 19.3 Å². The molecular formula is C14H22N6. The molecule has 6 heteroatoms. The summed E-state index contributed by atoms with van der Waals surface area (Å²) in [5.41, 5.74) is 6.93. The number of nitrogens with one attached hydrogen (secondary N) is 1. The number of unbranched alkanes of at least 4 members (excludes halogenated alkanes) is 1. The van der Waals surface area contributed by atoms with Crippen LogP contribution in [0.2, 0.25) is 0 Å². The van der Waals surface area contributed by atoms with Crippen molar-refractivity contribution >= 4 is 11.6 Å². The van der Waals surface area contributed by atoms with E-state index in [2.05, 4.69) is 31.8 Å². The summed E-state index contributed by atoms with van der Waals surface area (Å²) in [6.45, 7) is 4.01. The summed E-state index contributed by atoms with van der Waals surface area (Å²) in [7, 11) is 0. The van der Waals surface area contributed by atoms with Crippen molar-refractivity contribution in [1.29, 1.82) is 0 Å². The molecule has 0 saturated carbocycles. The van der Waals surface area contributed by atoms with E-state index in [1.807, 2.05) is 12.5 Å². The number of nitrogens with zero attached hydrogens (tertiary/aromatic N) is 4. The van der Waals surface area contributed by atoms with Gasteiger partial charge in [0.05, 0.1) is 6.33 Å². The Kier molecular flexibility index (Phi) is 5.34. The molecule has 6 nitrogen and oxygen atoms in total. The number of aromatic nitrogens is 4. The van der Waals surface area contributed by atoms with Gasteiger partial charge in [-0.2, -0.15) is 0 Å². The fourth-order valence-corrected chi connectivity index (χ4v) is 2.12. The molecular weight excluding hydrogens is 252 g/mol. The van der Waals surface area contributed by atoms with E-state index >= 15 is 0 Å². The summed E-state index contributed by atoms with van der Waals surface area (Å²) in [6, 6.07) is 0. The van der Waals surface area contributed by atoms with E-state index in [1.54, 1.807) is 6.20 Å². The molecule has 2 aromatic heterocycles. The second-order valence-corrected chi connectivity index (χ2v) is 4.77. The van der Waals surface area contributed by atoms with Crippen LogP contribution in [0.3, 0.4) is 0 Å². The Labute approximate surface area is 119 Å². The maximum absolute atomic E-state index is 5.90. The topological polar surface area (TPSA) is 81.6 Å². The number of rotatable bonds is 8. The first kappa shape index (κ1) is 14.3. The first-order chi connectivity index (χ1) is 9.81. The van der Waals surface area contributed by atoms with Gasteiger partial charge in [-0.15, -0.1) is 0 Å². The lowest BCUT2D eigenvalue weighted by Gasteiger charge is -2.11. The van der Waals surface area contributed by atoms with Gasteiger partial charge < -0.3 is 15.6 Å². The molecule has 0 spiro atoms. The minimum Gasteiger partial charge on any atom is -0.383 e. The highest BCUT2D eigenvalue weighted by atomic mass is 15.0. The average molecular weight is 274 g/mol. The summed E-state index contributed by atoms with van der Waals surface area (Å²) in [6.07, 6.45) is 11.3. The maximum atomic E-state index is 5.90. The van der Waals surface area contributed by atoms with Gasteiger partial charge in [-0.3, -0.25) is 0 Å². The Hall–Kier alpha value is -2.11. The minimum absolute atomic E-state index is 0.586. The maximum Gasteiger partial charge on any atom is 0.134 e. The molecule has 20 heavy (non-hydrogen) atoms. The van der Waals surface area contributed by atoms with Crippen LogP contribution in [0.15, 0.2) is 25.0 Å². The van der Waals surface area contributed by atoms with Crippen molar-refractivity contribution in [3.8, 4) is 0 Å². The van der Waals surface area contributed by atoms with Crippen LogP contribution in [0, 0.1) is 0 Å². The lowest BCUT2D eigenvalue weighted by molar-refractivity contribution is 0.620. The van der Waals surface area contributed by atoms with E-state index in [-0.39, 0.29) is 0 Å². The molecule has 3 N–H and O–H groups in total. The Morgan fingerprint density at radius 3 is 2.95 bits per heavy atom. The van der Waals surface area contributed by atoms with Gasteiger partial charge in [0.1, 0.15) is 18.0 Å². The largest absolute Gasteiger partial charge is 0.383 e. The molecule has 0 bridgehead atoms. The van der Waals surface area contributed by atoms with Crippen LogP contribution in [0.25, 0.3) is 0 Å². The molecule has 2 rings (SSSR count). The predicted molar refractivity (Wildman–Crippen MR) is 80.4 cm³/mol. The molecule has 0 radical (unpaired) electrons. The van der Waals surface area contributed by atoms with E-state index in [4.69, 9.17) is 5.73 Å². The van der Waals surface area contributed by atoms with Crippen LogP contribution in [0.1, 0.15) is 31.7 Å². The van der Waals surface area contributed by atoms with E-state index in [0.29, 0.717) is 5.82 Å². The number of hydrogen-bond acceptors (Lipinski definition) is 5. The van der Waals surface area contributed by atoms with Crippen molar-refractivity contribution < 1.29 is 0 Å². The third kappa shape index (κ3) is 3.94. The zero-order chi connectivity index (χ0) is 14.2. The van der Waals surface area contributed by atoms with Gasteiger partial charge in [0, 0.05) is 31.0 Å². The van der Waals surface area contributed by atoms with Gasteiger partial charge in [0.2, 0.25) is 0 Å². The monoisotopic (exact) mass is 274 g/mol. The van der Waals surface area contributed by atoms with Crippen molar-refractivity contribution in [2.45, 2.75) is 39.2 Å².